The third-order valence-electron chi connectivity index (χ3n) is 1.97. The van der Waals surface area contributed by atoms with Gasteiger partial charge in [-0.15, -0.1) is 0 Å². The van der Waals surface area contributed by atoms with Crippen molar-refractivity contribution >= 4 is 18.9 Å². The van der Waals surface area contributed by atoms with Crippen LogP contribution in [-0.2, 0) is 0 Å². The number of rotatable bonds is 0. The van der Waals surface area contributed by atoms with Crippen LogP contribution in [0.5, 0.6) is 0 Å². The van der Waals surface area contributed by atoms with Gasteiger partial charge in [-0.25, -0.2) is 0 Å². The second-order valence-corrected chi connectivity index (χ2v) is 2.89. The van der Waals surface area contributed by atoms with Crippen LogP contribution in [0.1, 0.15) is 22.3 Å². The van der Waals surface area contributed by atoms with Gasteiger partial charge in [-0.05, 0) is 56.0 Å². The molecule has 0 nitrogen and oxygen atoms in total. The Morgan fingerprint density at radius 2 is 1.64 bits per heavy atom. The Balaban J connectivity index is 0.000001000. The molecule has 11 heavy (non-hydrogen) atoms. The van der Waals surface area contributed by atoms with Crippen molar-refractivity contribution in [2.45, 2.75) is 27.7 Å². The molecule has 0 N–H and O–H groups in total. The fraction of sp³-hybridized carbons (Fsp3) is 0.400. The molecule has 0 saturated carbocycles. The van der Waals surface area contributed by atoms with Crippen LogP contribution in [0.15, 0.2) is 6.07 Å². The molecular weight excluding hydrogens is 127 g/mol. The number of benzene rings is 1. The van der Waals surface area contributed by atoms with Crippen LogP contribution in [0.4, 0.5) is 0 Å². The van der Waals surface area contributed by atoms with E-state index >= 15 is 0 Å². The summed E-state index contributed by atoms with van der Waals surface area (Å²) in [5.41, 5.74) is 5.25. The van der Waals surface area contributed by atoms with Crippen LogP contribution in [0.3, 0.4) is 0 Å². The fourth-order valence-corrected chi connectivity index (χ4v) is 1.15. The molecule has 0 amide bonds. The van der Waals surface area contributed by atoms with E-state index in [2.05, 4.69) is 39.8 Å². The molecule has 0 aliphatic rings. The van der Waals surface area contributed by atoms with Crippen molar-refractivity contribution in [3.8, 4) is 0 Å². The van der Waals surface area contributed by atoms with E-state index in [4.69, 9.17) is 0 Å². The molecule has 0 bridgehead atoms. The Morgan fingerprint density at radius 1 is 1.09 bits per heavy atom. The average molecular weight is 141 g/mol. The molecule has 0 fully saturated rings. The van der Waals surface area contributed by atoms with Crippen LogP contribution in [0.25, 0.3) is 0 Å². The van der Waals surface area contributed by atoms with Crippen LogP contribution in [0.2, 0.25) is 0 Å². The first-order chi connectivity index (χ1) is 4.61. The third-order valence-corrected chi connectivity index (χ3v) is 1.97. The number of hydrogen-bond donors (Lipinski definition) is 0. The molecule has 1 rings (SSSR count). The minimum atomic E-state index is 0. The monoisotopic (exact) mass is 141 g/mol. The van der Waals surface area contributed by atoms with Crippen molar-refractivity contribution in [2.75, 3.05) is 0 Å². The van der Waals surface area contributed by atoms with Gasteiger partial charge in [0.1, 0.15) is 0 Å². The van der Waals surface area contributed by atoms with E-state index in [1.165, 1.54) is 22.3 Å². The first-order valence-corrected chi connectivity index (χ1v) is 3.58. The van der Waals surface area contributed by atoms with Crippen LogP contribution >= 0.6 is 0 Å². The molecule has 0 saturated heterocycles. The molecule has 55 valence electrons. The van der Waals surface area contributed by atoms with Gasteiger partial charge in [0.2, 0.25) is 0 Å². The van der Waals surface area contributed by atoms with E-state index in [0.29, 0.717) is 0 Å². The zero-order chi connectivity index (χ0) is 7.72. The zero-order valence-electron chi connectivity index (χ0n) is 7.08. The fourth-order valence-electron chi connectivity index (χ4n) is 1.15. The molecule has 0 spiro atoms. The Hall–Kier alpha value is -0.183. The van der Waals surface area contributed by atoms with Gasteiger partial charge in [0.05, 0.1) is 0 Å². The van der Waals surface area contributed by atoms with Crippen molar-refractivity contribution in [1.82, 2.24) is 0 Å². The van der Waals surface area contributed by atoms with Crippen molar-refractivity contribution in [1.29, 1.82) is 0 Å². The molecule has 0 aromatic heterocycles. The van der Waals surface area contributed by atoms with Gasteiger partial charge >= 0.3 is 18.9 Å². The van der Waals surface area contributed by atoms with E-state index in [0.717, 1.165) is 0 Å². The van der Waals surface area contributed by atoms with E-state index in [1.54, 1.807) is 0 Å². The molecule has 1 radical (unpaired) electrons. The van der Waals surface area contributed by atoms with Crippen molar-refractivity contribution in [3.05, 3.63) is 34.4 Å². The summed E-state index contributed by atoms with van der Waals surface area (Å²) in [5.74, 6) is 0. The first-order valence-electron chi connectivity index (χ1n) is 3.58. The predicted molar refractivity (Wildman–Crippen MR) is 51.4 cm³/mol. The summed E-state index contributed by atoms with van der Waals surface area (Å²) in [7, 11) is 0. The van der Waals surface area contributed by atoms with Gasteiger partial charge in [-0.2, -0.15) is 0 Å². The normalized spacial score (nSPS) is 9.09. The molecule has 0 heterocycles. The molecule has 1 aromatic carbocycles. The number of aryl methyl sites for hydroxylation is 3. The van der Waals surface area contributed by atoms with Gasteiger partial charge in [0, 0.05) is 0 Å². The van der Waals surface area contributed by atoms with Crippen molar-refractivity contribution < 1.29 is 0 Å². The zero-order valence-corrected chi connectivity index (χ0v) is 7.08. The Kier molecular flexibility index (Phi) is 3.93. The standard InChI is InChI=1S/C10H13.Li.H/c1-7-5-8(2)10(4)9(3)6-7;;/h5H,1-4H3;;. The van der Waals surface area contributed by atoms with Crippen LogP contribution in [-0.4, -0.2) is 18.9 Å². The van der Waals surface area contributed by atoms with Crippen molar-refractivity contribution in [2.24, 2.45) is 0 Å². The summed E-state index contributed by atoms with van der Waals surface area (Å²) in [6.07, 6.45) is 0. The molecule has 1 heteroatoms. The van der Waals surface area contributed by atoms with E-state index in [1.807, 2.05) is 0 Å². The van der Waals surface area contributed by atoms with Gasteiger partial charge < -0.3 is 0 Å². The molecule has 0 unspecified atom stereocenters. The summed E-state index contributed by atoms with van der Waals surface area (Å²) in [4.78, 5) is 0. The summed E-state index contributed by atoms with van der Waals surface area (Å²) >= 11 is 0. The van der Waals surface area contributed by atoms with Gasteiger partial charge in [0.15, 0.2) is 0 Å². The molecular formula is C10H14Li. The summed E-state index contributed by atoms with van der Waals surface area (Å²) in [5, 5.41) is 0. The maximum atomic E-state index is 3.28. The Labute approximate surface area is 81.2 Å². The van der Waals surface area contributed by atoms with Gasteiger partial charge in [-0.1, -0.05) is 6.07 Å². The molecule has 0 aliphatic carbocycles. The van der Waals surface area contributed by atoms with E-state index in [9.17, 15) is 0 Å². The van der Waals surface area contributed by atoms with Crippen LogP contribution < -0.4 is 0 Å². The first kappa shape index (κ1) is 10.8. The van der Waals surface area contributed by atoms with Crippen LogP contribution in [0, 0.1) is 33.8 Å². The van der Waals surface area contributed by atoms with Gasteiger partial charge in [-0.3, -0.25) is 0 Å². The minimum absolute atomic E-state index is 0. The maximum absolute atomic E-state index is 3.28. The molecule has 0 aliphatic heterocycles. The quantitative estimate of drug-likeness (QED) is 0.485. The average Bonchev–Trinajstić information content (AvgIpc) is 1.82. The third kappa shape index (κ3) is 2.40. The Morgan fingerprint density at radius 3 is 2.09 bits per heavy atom. The SMILES string of the molecule is Cc1[c]c(C)c(C)c(C)c1.[LiH]. The second-order valence-electron chi connectivity index (χ2n) is 2.89. The topological polar surface area (TPSA) is 0 Å². The number of hydrogen-bond acceptors (Lipinski definition) is 0. The summed E-state index contributed by atoms with van der Waals surface area (Å²) < 4.78 is 0. The van der Waals surface area contributed by atoms with E-state index in [-0.39, 0.29) is 18.9 Å². The van der Waals surface area contributed by atoms with Crippen molar-refractivity contribution in [3.63, 3.8) is 0 Å². The van der Waals surface area contributed by atoms with Gasteiger partial charge in [0.25, 0.3) is 0 Å². The van der Waals surface area contributed by atoms with E-state index < -0.39 is 0 Å². The second kappa shape index (κ2) is 4.00. The summed E-state index contributed by atoms with van der Waals surface area (Å²) in [6.45, 7) is 8.47. The summed E-state index contributed by atoms with van der Waals surface area (Å²) in [6, 6.07) is 5.45. The Bertz CT molecular complexity index is 228. The molecule has 0 atom stereocenters. The predicted octanol–water partition coefficient (Wildman–Crippen LogP) is 2.07. The molecule has 1 aromatic rings.